The van der Waals surface area contributed by atoms with Crippen molar-refractivity contribution in [3.05, 3.63) is 47.8 Å². The van der Waals surface area contributed by atoms with Gasteiger partial charge in [-0.25, -0.2) is 8.42 Å². The fourth-order valence-electron chi connectivity index (χ4n) is 1.95. The van der Waals surface area contributed by atoms with Gasteiger partial charge in [-0.05, 0) is 24.1 Å². The maximum atomic E-state index is 12.5. The molecular weight excluding hydrogens is 288 g/mol. The Morgan fingerprint density at radius 3 is 2.57 bits per heavy atom. The van der Waals surface area contributed by atoms with Crippen LogP contribution < -0.4 is 0 Å². The molecule has 1 heterocycles. The van der Waals surface area contributed by atoms with Crippen LogP contribution in [0.3, 0.4) is 0 Å². The van der Waals surface area contributed by atoms with Gasteiger partial charge in [-0.3, -0.25) is 5.10 Å². The second-order valence-corrected chi connectivity index (χ2v) is 6.52. The predicted molar refractivity (Wildman–Crippen MR) is 77.6 cm³/mol. The van der Waals surface area contributed by atoms with Crippen LogP contribution in [0.25, 0.3) is 0 Å². The molecule has 0 aliphatic rings. The first-order chi connectivity index (χ1) is 10.1. The first-order valence-electron chi connectivity index (χ1n) is 6.56. The average molecular weight is 304 g/mol. The van der Waals surface area contributed by atoms with Crippen molar-refractivity contribution in [1.29, 1.82) is 5.26 Å². The van der Waals surface area contributed by atoms with Crippen LogP contribution in [0.4, 0.5) is 0 Å². The Labute approximate surface area is 124 Å². The highest BCUT2D eigenvalue weighted by Gasteiger charge is 2.24. The maximum Gasteiger partial charge on any atom is 0.246 e. The summed E-state index contributed by atoms with van der Waals surface area (Å²) in [5.74, 6) is 0. The van der Waals surface area contributed by atoms with E-state index in [9.17, 15) is 8.42 Å². The first-order valence-corrected chi connectivity index (χ1v) is 8.00. The second kappa shape index (κ2) is 6.52. The molecule has 1 aromatic carbocycles. The molecule has 0 unspecified atom stereocenters. The molecule has 0 aliphatic carbocycles. The smallest absolute Gasteiger partial charge is 0.246 e. The van der Waals surface area contributed by atoms with Gasteiger partial charge in [0.05, 0.1) is 17.8 Å². The fraction of sp³-hybridized carbons (Fsp3) is 0.286. The minimum atomic E-state index is -3.56. The van der Waals surface area contributed by atoms with Crippen molar-refractivity contribution in [1.82, 2.24) is 14.5 Å². The zero-order chi connectivity index (χ0) is 15.3. The molecule has 0 amide bonds. The van der Waals surface area contributed by atoms with E-state index in [2.05, 4.69) is 10.2 Å². The van der Waals surface area contributed by atoms with E-state index in [-0.39, 0.29) is 11.4 Å². The molecule has 110 valence electrons. The number of aromatic amines is 1. The molecule has 0 saturated heterocycles. The molecule has 0 fully saturated rings. The van der Waals surface area contributed by atoms with Crippen LogP contribution in [-0.4, -0.2) is 29.5 Å². The van der Waals surface area contributed by atoms with Crippen LogP contribution in [0.2, 0.25) is 0 Å². The van der Waals surface area contributed by atoms with Crippen LogP contribution >= 0.6 is 0 Å². The van der Waals surface area contributed by atoms with Gasteiger partial charge in [-0.15, -0.1) is 0 Å². The molecular formula is C14H16N4O2S. The summed E-state index contributed by atoms with van der Waals surface area (Å²) < 4.78 is 26.5. The molecule has 0 bridgehead atoms. The van der Waals surface area contributed by atoms with Crippen LogP contribution in [0.1, 0.15) is 24.5 Å². The molecule has 6 nitrogen and oxygen atoms in total. The third-order valence-corrected chi connectivity index (χ3v) is 4.84. The summed E-state index contributed by atoms with van der Waals surface area (Å²) in [5.41, 5.74) is 1.40. The average Bonchev–Trinajstić information content (AvgIpc) is 3.02. The molecule has 0 atom stereocenters. The number of nitrogens with zero attached hydrogens (tertiary/aromatic N) is 3. The maximum absolute atomic E-state index is 12.5. The molecule has 1 aromatic heterocycles. The van der Waals surface area contributed by atoms with E-state index in [0.717, 1.165) is 5.56 Å². The number of rotatable bonds is 6. The molecule has 0 spiro atoms. The van der Waals surface area contributed by atoms with Crippen LogP contribution in [0.5, 0.6) is 0 Å². The summed E-state index contributed by atoms with van der Waals surface area (Å²) in [6.07, 6.45) is 3.39. The van der Waals surface area contributed by atoms with Crippen molar-refractivity contribution in [2.24, 2.45) is 0 Å². The summed E-state index contributed by atoms with van der Waals surface area (Å²) in [6, 6.07) is 8.95. The number of aromatic nitrogens is 2. The number of nitrogens with one attached hydrogen (secondary N) is 1. The van der Waals surface area contributed by atoms with E-state index in [4.69, 9.17) is 5.26 Å². The Balaban J connectivity index is 2.25. The van der Waals surface area contributed by atoms with Gasteiger partial charge in [0, 0.05) is 19.3 Å². The summed E-state index contributed by atoms with van der Waals surface area (Å²) in [7, 11) is -3.56. The van der Waals surface area contributed by atoms with E-state index in [1.54, 1.807) is 24.3 Å². The SMILES string of the molecule is CCCN(Cc1ccc(C#N)cc1)S(=O)(=O)c1cn[nH]c1. The standard InChI is InChI=1S/C14H16N4O2S/c1-2-7-18(21(19,20)14-9-16-17-10-14)11-13-5-3-12(8-15)4-6-13/h3-6,9-10H,2,7,11H2,1H3,(H,16,17). The van der Waals surface area contributed by atoms with Crippen molar-refractivity contribution < 1.29 is 8.42 Å². The number of benzene rings is 1. The van der Waals surface area contributed by atoms with Crippen molar-refractivity contribution in [3.63, 3.8) is 0 Å². The summed E-state index contributed by atoms with van der Waals surface area (Å²) in [4.78, 5) is 0.157. The minimum Gasteiger partial charge on any atom is -0.284 e. The van der Waals surface area contributed by atoms with E-state index in [0.29, 0.717) is 18.5 Å². The Bertz CT molecular complexity index is 715. The van der Waals surface area contributed by atoms with Crippen LogP contribution in [-0.2, 0) is 16.6 Å². The minimum absolute atomic E-state index is 0.157. The van der Waals surface area contributed by atoms with Crippen molar-refractivity contribution in [2.45, 2.75) is 24.8 Å². The Kier molecular flexibility index (Phi) is 4.73. The molecule has 0 saturated carbocycles. The molecule has 21 heavy (non-hydrogen) atoms. The lowest BCUT2D eigenvalue weighted by Gasteiger charge is -2.20. The van der Waals surface area contributed by atoms with E-state index >= 15 is 0 Å². The van der Waals surface area contributed by atoms with Gasteiger partial charge in [0.15, 0.2) is 0 Å². The molecule has 0 aliphatic heterocycles. The lowest BCUT2D eigenvalue weighted by atomic mass is 10.1. The van der Waals surface area contributed by atoms with Gasteiger partial charge in [0.1, 0.15) is 4.90 Å². The Hall–Kier alpha value is -2.17. The zero-order valence-electron chi connectivity index (χ0n) is 11.7. The van der Waals surface area contributed by atoms with Crippen LogP contribution in [0, 0.1) is 11.3 Å². The first kappa shape index (κ1) is 15.2. The number of hydrogen-bond donors (Lipinski definition) is 1. The highest BCUT2D eigenvalue weighted by Crippen LogP contribution is 2.17. The lowest BCUT2D eigenvalue weighted by molar-refractivity contribution is 0.405. The number of hydrogen-bond acceptors (Lipinski definition) is 4. The van der Waals surface area contributed by atoms with Crippen LogP contribution in [0.15, 0.2) is 41.6 Å². The van der Waals surface area contributed by atoms with Gasteiger partial charge in [-0.2, -0.15) is 14.7 Å². The second-order valence-electron chi connectivity index (χ2n) is 4.58. The third-order valence-electron chi connectivity index (χ3n) is 3.03. The molecule has 1 N–H and O–H groups in total. The van der Waals surface area contributed by atoms with Gasteiger partial charge in [0.25, 0.3) is 0 Å². The highest BCUT2D eigenvalue weighted by molar-refractivity contribution is 7.89. The lowest BCUT2D eigenvalue weighted by Crippen LogP contribution is -2.31. The summed E-state index contributed by atoms with van der Waals surface area (Å²) >= 11 is 0. The molecule has 7 heteroatoms. The largest absolute Gasteiger partial charge is 0.284 e. The predicted octanol–water partition coefficient (Wildman–Crippen LogP) is 1.88. The third kappa shape index (κ3) is 3.48. The molecule has 0 radical (unpaired) electrons. The van der Waals surface area contributed by atoms with Gasteiger partial charge in [0.2, 0.25) is 10.0 Å². The quantitative estimate of drug-likeness (QED) is 0.882. The van der Waals surface area contributed by atoms with Gasteiger partial charge < -0.3 is 0 Å². The van der Waals surface area contributed by atoms with E-state index < -0.39 is 10.0 Å². The number of H-pyrrole nitrogens is 1. The summed E-state index contributed by atoms with van der Waals surface area (Å²) in [5, 5.41) is 15.0. The molecule has 2 aromatic rings. The Morgan fingerprint density at radius 2 is 2.05 bits per heavy atom. The number of sulfonamides is 1. The van der Waals surface area contributed by atoms with Crippen molar-refractivity contribution in [2.75, 3.05) is 6.54 Å². The zero-order valence-corrected chi connectivity index (χ0v) is 12.5. The summed E-state index contributed by atoms with van der Waals surface area (Å²) in [6.45, 7) is 2.62. The fourth-order valence-corrected chi connectivity index (χ4v) is 3.38. The topological polar surface area (TPSA) is 89.8 Å². The molecule has 2 rings (SSSR count). The number of nitriles is 1. The van der Waals surface area contributed by atoms with Gasteiger partial charge >= 0.3 is 0 Å². The highest BCUT2D eigenvalue weighted by atomic mass is 32.2. The van der Waals surface area contributed by atoms with Crippen molar-refractivity contribution in [3.8, 4) is 6.07 Å². The Morgan fingerprint density at radius 1 is 1.33 bits per heavy atom. The van der Waals surface area contributed by atoms with E-state index in [1.807, 2.05) is 13.0 Å². The van der Waals surface area contributed by atoms with Gasteiger partial charge in [-0.1, -0.05) is 19.1 Å². The van der Waals surface area contributed by atoms with E-state index in [1.165, 1.54) is 16.7 Å². The van der Waals surface area contributed by atoms with Crippen molar-refractivity contribution >= 4 is 10.0 Å². The monoisotopic (exact) mass is 304 g/mol. The normalized spacial score (nSPS) is 11.5.